The largest absolute Gasteiger partial charge is 0.382 e. The first-order valence-corrected chi connectivity index (χ1v) is 20.5. The number of hydrogen-bond acceptors (Lipinski definition) is 12. The molecule has 2 aliphatic carbocycles. The summed E-state index contributed by atoms with van der Waals surface area (Å²) < 4.78 is 106. The Morgan fingerprint density at radius 3 is 1.60 bits per heavy atom. The van der Waals surface area contributed by atoms with E-state index in [1.54, 1.807) is 7.11 Å². The molecule has 0 radical (unpaired) electrons. The molecule has 2 unspecified atom stereocenters. The second-order valence-electron chi connectivity index (χ2n) is 13.3. The highest BCUT2D eigenvalue weighted by Crippen LogP contribution is 2.35. The fourth-order valence-electron chi connectivity index (χ4n) is 5.98. The topological polar surface area (TPSA) is 158 Å². The van der Waals surface area contributed by atoms with E-state index in [1.165, 1.54) is 0 Å². The van der Waals surface area contributed by atoms with E-state index in [0.717, 1.165) is 5.57 Å². The summed E-state index contributed by atoms with van der Waals surface area (Å²) in [6.07, 6.45) is 0.143. The Labute approximate surface area is 315 Å². The van der Waals surface area contributed by atoms with Gasteiger partial charge in [0.1, 0.15) is 18.4 Å². The molecule has 2 rings (SSSR count). The van der Waals surface area contributed by atoms with E-state index in [9.17, 15) is 22.0 Å². The minimum atomic E-state index is -3.55. The van der Waals surface area contributed by atoms with Gasteiger partial charge in [-0.25, -0.2) is 21.9 Å². The maximum atomic E-state index is 14.7. The number of ether oxygens (including phenoxy) is 9. The van der Waals surface area contributed by atoms with Gasteiger partial charge < -0.3 is 47.9 Å². The van der Waals surface area contributed by atoms with Gasteiger partial charge in [0.25, 0.3) is 0 Å². The number of amides is 1. The Bertz CT molecular complexity index is 1050. The normalized spacial score (nSPS) is 23.6. The van der Waals surface area contributed by atoms with Crippen molar-refractivity contribution in [2.75, 3.05) is 119 Å². The van der Waals surface area contributed by atoms with Crippen LogP contribution in [0.5, 0.6) is 0 Å². The molecule has 0 aliphatic heterocycles. The Hall–Kier alpha value is -1.38. The third-order valence-electron chi connectivity index (χ3n) is 8.63. The lowest BCUT2D eigenvalue weighted by Gasteiger charge is -2.37. The zero-order valence-electron chi connectivity index (χ0n) is 32.1. The molecule has 0 aromatic heterocycles. The van der Waals surface area contributed by atoms with E-state index in [4.69, 9.17) is 42.6 Å². The number of alkyl halides is 2. The molecule has 53 heavy (non-hydrogen) atoms. The quantitative estimate of drug-likeness (QED) is 0.0760. The highest BCUT2D eigenvalue weighted by Gasteiger charge is 2.41. The smallest absolute Gasteiger partial charge is 0.222 e. The van der Waals surface area contributed by atoms with Gasteiger partial charge in [-0.15, -0.1) is 0 Å². The molecule has 0 heterocycles. The Balaban J connectivity index is 1.34. The molecular formula is C36H66F2N2O12S. The van der Waals surface area contributed by atoms with Crippen molar-refractivity contribution in [3.63, 3.8) is 0 Å². The Morgan fingerprint density at radius 1 is 0.660 bits per heavy atom. The number of hydrogen-bond donors (Lipinski definition) is 2. The van der Waals surface area contributed by atoms with Crippen molar-refractivity contribution in [1.29, 1.82) is 0 Å². The number of halogens is 2. The van der Waals surface area contributed by atoms with Gasteiger partial charge in [-0.2, -0.15) is 0 Å². The van der Waals surface area contributed by atoms with Crippen LogP contribution >= 0.6 is 0 Å². The zero-order chi connectivity index (χ0) is 38.6. The van der Waals surface area contributed by atoms with Gasteiger partial charge in [0.05, 0.1) is 110 Å². The summed E-state index contributed by atoms with van der Waals surface area (Å²) in [5.74, 6) is -0.245. The highest BCUT2D eigenvalue weighted by molar-refractivity contribution is 7.90. The molecule has 2 aliphatic rings. The van der Waals surface area contributed by atoms with E-state index in [1.807, 2.05) is 19.9 Å². The van der Waals surface area contributed by atoms with Crippen LogP contribution in [0, 0.1) is 5.92 Å². The number of methoxy groups -OCH3 is 1. The van der Waals surface area contributed by atoms with Crippen molar-refractivity contribution >= 4 is 15.9 Å². The van der Waals surface area contributed by atoms with Gasteiger partial charge >= 0.3 is 0 Å². The van der Waals surface area contributed by atoms with Gasteiger partial charge in [0, 0.05) is 26.6 Å². The molecule has 312 valence electrons. The molecule has 0 bridgehead atoms. The summed E-state index contributed by atoms with van der Waals surface area (Å²) in [6, 6.07) is 0. The van der Waals surface area contributed by atoms with E-state index < -0.39 is 33.7 Å². The van der Waals surface area contributed by atoms with Crippen molar-refractivity contribution in [3.8, 4) is 0 Å². The molecule has 2 atom stereocenters. The first-order chi connectivity index (χ1) is 25.6. The summed E-state index contributed by atoms with van der Waals surface area (Å²) >= 11 is 0. The van der Waals surface area contributed by atoms with Crippen LogP contribution in [0.25, 0.3) is 0 Å². The van der Waals surface area contributed by atoms with Crippen molar-refractivity contribution in [1.82, 2.24) is 10.0 Å². The number of nitrogens with one attached hydrogen (secondary N) is 2. The molecule has 2 N–H and O–H groups in total. The van der Waals surface area contributed by atoms with Crippen molar-refractivity contribution in [3.05, 3.63) is 11.6 Å². The van der Waals surface area contributed by atoms with Crippen LogP contribution in [-0.2, 0) is 57.4 Å². The fourth-order valence-corrected chi connectivity index (χ4v) is 7.48. The van der Waals surface area contributed by atoms with E-state index in [0.29, 0.717) is 125 Å². The van der Waals surface area contributed by atoms with Crippen LogP contribution in [-0.4, -0.2) is 163 Å². The molecule has 14 nitrogen and oxygen atoms in total. The minimum absolute atomic E-state index is 0.122. The lowest BCUT2D eigenvalue weighted by atomic mass is 9.83. The third kappa shape index (κ3) is 23.3. The van der Waals surface area contributed by atoms with Crippen molar-refractivity contribution < 1.29 is 64.6 Å². The number of carbonyl (C=O) groups is 1. The molecule has 1 amide bonds. The third-order valence-corrected chi connectivity index (χ3v) is 10.6. The summed E-state index contributed by atoms with van der Waals surface area (Å²) in [5.41, 5.74) is 1.05. The average Bonchev–Trinajstić information content (AvgIpc) is 3.12. The minimum Gasteiger partial charge on any atom is -0.382 e. The molecule has 0 saturated heterocycles. The second kappa shape index (κ2) is 29.8. The molecule has 17 heteroatoms. The van der Waals surface area contributed by atoms with Gasteiger partial charge in [-0.1, -0.05) is 11.6 Å². The molecule has 0 aromatic carbocycles. The number of carbonyl (C=O) groups excluding carboxylic acids is 1. The van der Waals surface area contributed by atoms with E-state index >= 15 is 0 Å². The molecule has 2 saturated carbocycles. The lowest BCUT2D eigenvalue weighted by molar-refractivity contribution is -0.122. The SMILES string of the molecule is COCCOCCOCCOCCOCCC(=O)NCCOCCOCCOCCNS(=O)(=O)C1CCC(OC2C(F)CC(C=C(C)C)CC2F)CC1. The Morgan fingerprint density at radius 2 is 1.11 bits per heavy atom. The van der Waals surface area contributed by atoms with Crippen LogP contribution in [0.1, 0.15) is 58.8 Å². The fraction of sp³-hybridized carbons (Fsp3) is 0.917. The number of sulfonamides is 1. The van der Waals surface area contributed by atoms with E-state index in [-0.39, 0.29) is 50.3 Å². The first kappa shape index (κ1) is 47.8. The molecule has 0 spiro atoms. The summed E-state index contributed by atoms with van der Waals surface area (Å²) in [6.45, 7) is 10.5. The molecule has 2 fully saturated rings. The maximum absolute atomic E-state index is 14.7. The van der Waals surface area contributed by atoms with Crippen LogP contribution in [0.15, 0.2) is 11.6 Å². The van der Waals surface area contributed by atoms with Gasteiger partial charge in [0.2, 0.25) is 15.9 Å². The van der Waals surface area contributed by atoms with E-state index in [2.05, 4.69) is 10.0 Å². The van der Waals surface area contributed by atoms with Crippen LogP contribution in [0.2, 0.25) is 0 Å². The van der Waals surface area contributed by atoms with Crippen LogP contribution in [0.3, 0.4) is 0 Å². The van der Waals surface area contributed by atoms with Crippen molar-refractivity contribution in [2.45, 2.75) is 88.6 Å². The van der Waals surface area contributed by atoms with Gasteiger partial charge in [-0.3, -0.25) is 4.79 Å². The molecule has 0 aromatic rings. The van der Waals surface area contributed by atoms with Gasteiger partial charge in [-0.05, 0) is 58.3 Å². The second-order valence-corrected chi connectivity index (χ2v) is 15.4. The van der Waals surface area contributed by atoms with Gasteiger partial charge in [0.15, 0.2) is 0 Å². The predicted octanol–water partition coefficient (Wildman–Crippen LogP) is 2.92. The number of allylic oxidation sites excluding steroid dienone is 2. The predicted molar refractivity (Wildman–Crippen MR) is 195 cm³/mol. The zero-order valence-corrected chi connectivity index (χ0v) is 32.9. The van der Waals surface area contributed by atoms with Crippen LogP contribution < -0.4 is 10.0 Å². The number of rotatable bonds is 32. The Kier molecular flexibility index (Phi) is 26.9. The standard InChI is InChI=1S/C36H66F2N2O12S/c1-29(2)26-30-27-33(37)36(34(38)28-30)52-31-4-6-32(7-5-31)53(42,43)40-10-13-47-18-21-50-20-17-46-12-9-39-35(41)8-11-45-16-19-49-24-25-51-23-22-48-15-14-44-3/h26,30-34,36,40H,4-25,27-28H2,1-3H3,(H,39,41). The average molecular weight is 789 g/mol. The van der Waals surface area contributed by atoms with Crippen LogP contribution in [0.4, 0.5) is 8.78 Å². The highest BCUT2D eigenvalue weighted by atomic mass is 32.2. The lowest BCUT2D eigenvalue weighted by Crippen LogP contribution is -2.45. The maximum Gasteiger partial charge on any atom is 0.222 e. The summed E-state index contributed by atoms with van der Waals surface area (Å²) in [4.78, 5) is 11.9. The molecular weight excluding hydrogens is 722 g/mol. The first-order valence-electron chi connectivity index (χ1n) is 19.0. The monoisotopic (exact) mass is 788 g/mol. The summed E-state index contributed by atoms with van der Waals surface area (Å²) in [7, 11) is -1.92. The van der Waals surface area contributed by atoms with Crippen molar-refractivity contribution in [2.24, 2.45) is 5.92 Å². The summed E-state index contributed by atoms with van der Waals surface area (Å²) in [5, 5.41) is 2.20.